The van der Waals surface area contributed by atoms with Gasteiger partial charge in [-0.3, -0.25) is 9.59 Å². The highest BCUT2D eigenvalue weighted by Crippen LogP contribution is 2.44. The van der Waals surface area contributed by atoms with Crippen molar-refractivity contribution in [1.29, 1.82) is 0 Å². The molecule has 0 saturated carbocycles. The fourth-order valence-electron chi connectivity index (χ4n) is 4.18. The first-order valence-corrected chi connectivity index (χ1v) is 12.1. The lowest BCUT2D eigenvalue weighted by Gasteiger charge is -2.25. The first kappa shape index (κ1) is 23.5. The molecule has 1 aliphatic rings. The summed E-state index contributed by atoms with van der Waals surface area (Å²) in [6.07, 6.45) is 0. The summed E-state index contributed by atoms with van der Waals surface area (Å²) in [7, 11) is 1.30. The Labute approximate surface area is 210 Å². The van der Waals surface area contributed by atoms with Gasteiger partial charge in [0.15, 0.2) is 4.80 Å². The minimum atomic E-state index is -0.668. The van der Waals surface area contributed by atoms with E-state index in [1.165, 1.54) is 18.4 Å². The fraction of sp³-hybridized carbons (Fsp3) is 0.185. The molecular weight excluding hydrogens is 480 g/mol. The largest absolute Gasteiger partial charge is 0.468 e. The Morgan fingerprint density at radius 1 is 1.00 bits per heavy atom. The minimum Gasteiger partial charge on any atom is -0.468 e. The number of carbonyl (C=O) groups is 3. The number of esters is 2. The highest BCUT2D eigenvalue weighted by Gasteiger charge is 2.32. The van der Waals surface area contributed by atoms with E-state index < -0.39 is 23.8 Å². The number of rotatable bonds is 5. The molecule has 4 aromatic rings. The lowest BCUT2D eigenvalue weighted by molar-refractivity contribution is -0.141. The summed E-state index contributed by atoms with van der Waals surface area (Å²) in [5.41, 5.74) is 2.46. The maximum atomic E-state index is 13.7. The maximum Gasteiger partial charge on any atom is 0.338 e. The summed E-state index contributed by atoms with van der Waals surface area (Å²) < 4.78 is 18.3. The second kappa shape index (κ2) is 9.79. The SMILES string of the molecule is CCOC(=O)c1ccc2c(c1)sc(=NC(=O)C1c3ccccc3Oc3ccccc31)n2CC(=O)OC. The highest BCUT2D eigenvalue weighted by atomic mass is 32.1. The minimum absolute atomic E-state index is 0.137. The normalized spacial score (nSPS) is 13.0. The quantitative estimate of drug-likeness (QED) is 0.375. The van der Waals surface area contributed by atoms with E-state index in [9.17, 15) is 14.4 Å². The molecule has 0 atom stereocenters. The molecule has 0 spiro atoms. The lowest BCUT2D eigenvalue weighted by atomic mass is 9.87. The van der Waals surface area contributed by atoms with Crippen LogP contribution in [0.2, 0.25) is 0 Å². The molecule has 0 bridgehead atoms. The number of methoxy groups -OCH3 is 1. The number of aromatic nitrogens is 1. The van der Waals surface area contributed by atoms with Gasteiger partial charge >= 0.3 is 11.9 Å². The monoisotopic (exact) mass is 502 g/mol. The van der Waals surface area contributed by atoms with Gasteiger partial charge in [0.25, 0.3) is 5.91 Å². The number of carbonyl (C=O) groups excluding carboxylic acids is 3. The van der Waals surface area contributed by atoms with Crippen molar-refractivity contribution in [2.45, 2.75) is 19.4 Å². The van der Waals surface area contributed by atoms with Gasteiger partial charge in [-0.25, -0.2) is 4.79 Å². The van der Waals surface area contributed by atoms with Crippen LogP contribution in [0.1, 0.15) is 34.3 Å². The second-order valence-electron chi connectivity index (χ2n) is 8.01. The Hall–Kier alpha value is -4.24. The Balaban J connectivity index is 1.65. The summed E-state index contributed by atoms with van der Waals surface area (Å²) in [5, 5.41) is 0. The van der Waals surface area contributed by atoms with Crippen LogP contribution in [0.25, 0.3) is 10.2 Å². The van der Waals surface area contributed by atoms with Gasteiger partial charge < -0.3 is 18.8 Å². The third-order valence-corrected chi connectivity index (χ3v) is 6.88. The van der Waals surface area contributed by atoms with E-state index in [1.54, 1.807) is 29.7 Å². The molecule has 0 N–H and O–H groups in total. The molecule has 0 unspecified atom stereocenters. The molecule has 2 heterocycles. The van der Waals surface area contributed by atoms with Crippen molar-refractivity contribution in [3.8, 4) is 11.5 Å². The van der Waals surface area contributed by atoms with Crippen molar-refractivity contribution in [1.82, 2.24) is 4.57 Å². The van der Waals surface area contributed by atoms with Crippen molar-refractivity contribution >= 4 is 39.4 Å². The number of thiazole rings is 1. The molecule has 9 heteroatoms. The van der Waals surface area contributed by atoms with E-state index in [-0.39, 0.29) is 13.2 Å². The van der Waals surface area contributed by atoms with Crippen LogP contribution >= 0.6 is 11.3 Å². The number of hydrogen-bond acceptors (Lipinski definition) is 7. The Morgan fingerprint density at radius 2 is 1.67 bits per heavy atom. The molecule has 0 radical (unpaired) electrons. The van der Waals surface area contributed by atoms with Gasteiger partial charge in [-0.1, -0.05) is 47.7 Å². The maximum absolute atomic E-state index is 13.7. The summed E-state index contributed by atoms with van der Waals surface area (Å²) >= 11 is 1.21. The topological polar surface area (TPSA) is 96.2 Å². The van der Waals surface area contributed by atoms with Crippen molar-refractivity contribution < 1.29 is 28.6 Å². The second-order valence-corrected chi connectivity index (χ2v) is 9.02. The Morgan fingerprint density at radius 3 is 2.31 bits per heavy atom. The molecule has 182 valence electrons. The van der Waals surface area contributed by atoms with Crippen molar-refractivity contribution in [2.75, 3.05) is 13.7 Å². The molecule has 8 nitrogen and oxygen atoms in total. The van der Waals surface area contributed by atoms with Crippen LogP contribution in [-0.2, 0) is 25.6 Å². The van der Waals surface area contributed by atoms with Crippen LogP contribution in [0, 0.1) is 0 Å². The van der Waals surface area contributed by atoms with Crippen LogP contribution in [0.4, 0.5) is 0 Å². The average Bonchev–Trinajstić information content (AvgIpc) is 3.22. The van der Waals surface area contributed by atoms with Crippen LogP contribution in [-0.4, -0.2) is 36.1 Å². The van der Waals surface area contributed by atoms with Crippen LogP contribution < -0.4 is 9.54 Å². The third-order valence-electron chi connectivity index (χ3n) is 5.84. The zero-order chi connectivity index (χ0) is 25.2. The Kier molecular flexibility index (Phi) is 6.39. The van der Waals surface area contributed by atoms with E-state index >= 15 is 0 Å². The fourth-order valence-corrected chi connectivity index (χ4v) is 5.26. The smallest absolute Gasteiger partial charge is 0.338 e. The van der Waals surface area contributed by atoms with Crippen LogP contribution in [0.5, 0.6) is 11.5 Å². The van der Waals surface area contributed by atoms with Crippen LogP contribution in [0.15, 0.2) is 71.7 Å². The number of ether oxygens (including phenoxy) is 3. The van der Waals surface area contributed by atoms with Gasteiger partial charge in [0.2, 0.25) is 0 Å². The molecule has 0 saturated heterocycles. The van der Waals surface area contributed by atoms with Gasteiger partial charge in [0, 0.05) is 11.1 Å². The number of para-hydroxylation sites is 2. The number of nitrogens with zero attached hydrogens (tertiary/aromatic N) is 2. The lowest BCUT2D eigenvalue weighted by Crippen LogP contribution is -2.25. The van der Waals surface area contributed by atoms with E-state index in [1.807, 2.05) is 48.5 Å². The van der Waals surface area contributed by atoms with E-state index in [4.69, 9.17) is 14.2 Å². The molecule has 0 aliphatic carbocycles. The molecule has 1 aromatic heterocycles. The van der Waals surface area contributed by atoms with E-state index in [2.05, 4.69) is 4.99 Å². The average molecular weight is 503 g/mol. The van der Waals surface area contributed by atoms with Crippen LogP contribution in [0.3, 0.4) is 0 Å². The predicted molar refractivity (Wildman–Crippen MR) is 133 cm³/mol. The van der Waals surface area contributed by atoms with Gasteiger partial charge in [0.05, 0.1) is 35.4 Å². The number of amides is 1. The summed E-state index contributed by atoms with van der Waals surface area (Å²) in [5.74, 6) is -0.797. The van der Waals surface area contributed by atoms with Gasteiger partial charge in [-0.05, 0) is 37.3 Å². The number of fused-ring (bicyclic) bond motifs is 3. The molecule has 1 aliphatic heterocycles. The Bertz CT molecular complexity index is 1520. The van der Waals surface area contributed by atoms with Crippen molar-refractivity contribution in [2.24, 2.45) is 4.99 Å². The zero-order valence-electron chi connectivity index (χ0n) is 19.6. The van der Waals surface area contributed by atoms with Gasteiger partial charge in [-0.2, -0.15) is 4.99 Å². The summed E-state index contributed by atoms with van der Waals surface area (Å²) in [6, 6.07) is 19.7. The first-order chi connectivity index (χ1) is 17.5. The predicted octanol–water partition coefficient (Wildman–Crippen LogP) is 4.42. The highest BCUT2D eigenvalue weighted by molar-refractivity contribution is 7.16. The molecule has 3 aromatic carbocycles. The number of hydrogen-bond donors (Lipinski definition) is 0. The molecule has 36 heavy (non-hydrogen) atoms. The third kappa shape index (κ3) is 4.29. The number of benzene rings is 3. The van der Waals surface area contributed by atoms with E-state index in [0.717, 1.165) is 11.1 Å². The summed E-state index contributed by atoms with van der Waals surface area (Å²) in [6.45, 7) is 1.86. The van der Waals surface area contributed by atoms with Gasteiger partial charge in [-0.15, -0.1) is 0 Å². The van der Waals surface area contributed by atoms with E-state index in [0.29, 0.717) is 32.1 Å². The molecule has 5 rings (SSSR count). The zero-order valence-corrected chi connectivity index (χ0v) is 20.4. The van der Waals surface area contributed by atoms with Crippen molar-refractivity contribution in [3.05, 3.63) is 88.2 Å². The standard InChI is InChI=1S/C27H22N2O6S/c1-3-34-26(32)16-12-13-19-22(14-16)36-27(29(19)15-23(30)33-2)28-25(31)24-17-8-4-6-10-20(17)35-21-11-7-5-9-18(21)24/h4-14,24H,3,15H2,1-2H3. The molecule has 1 amide bonds. The summed E-state index contributed by atoms with van der Waals surface area (Å²) in [4.78, 5) is 42.9. The van der Waals surface area contributed by atoms with Crippen molar-refractivity contribution in [3.63, 3.8) is 0 Å². The molecule has 0 fully saturated rings. The molecular formula is C27H22N2O6S. The van der Waals surface area contributed by atoms with Gasteiger partial charge in [0.1, 0.15) is 18.0 Å². The first-order valence-electron chi connectivity index (χ1n) is 11.3.